The standard InChI is InChI=1S/C15H26BO3/c1-6-8-14(17)19-10-12(5)13(9-11(3)4)15(18)16-7-2/h12-13H,3,6-10H2,1-2,4-5H3. The van der Waals surface area contributed by atoms with Crippen molar-refractivity contribution < 1.29 is 14.3 Å². The summed E-state index contributed by atoms with van der Waals surface area (Å²) in [7, 11) is 1.71. The van der Waals surface area contributed by atoms with E-state index in [4.69, 9.17) is 4.74 Å². The molecule has 4 heteroatoms. The zero-order valence-electron chi connectivity index (χ0n) is 12.7. The van der Waals surface area contributed by atoms with Crippen LogP contribution in [0.15, 0.2) is 12.2 Å². The molecule has 0 aromatic carbocycles. The Balaban J connectivity index is 4.44. The van der Waals surface area contributed by atoms with Gasteiger partial charge in [-0.3, -0.25) is 4.79 Å². The van der Waals surface area contributed by atoms with Crippen LogP contribution >= 0.6 is 0 Å². The molecule has 107 valence electrons. The maximum atomic E-state index is 12.1. The van der Waals surface area contributed by atoms with Gasteiger partial charge in [-0.2, -0.15) is 0 Å². The predicted molar refractivity (Wildman–Crippen MR) is 79.2 cm³/mol. The van der Waals surface area contributed by atoms with Crippen molar-refractivity contribution in [2.45, 2.75) is 53.3 Å². The number of rotatable bonds is 10. The van der Waals surface area contributed by atoms with Gasteiger partial charge in [-0.25, -0.2) is 0 Å². The molecule has 0 aliphatic carbocycles. The Bertz CT molecular complexity index is 313. The van der Waals surface area contributed by atoms with E-state index in [9.17, 15) is 9.59 Å². The summed E-state index contributed by atoms with van der Waals surface area (Å²) in [5, 5.41) is 0. The average molecular weight is 265 g/mol. The van der Waals surface area contributed by atoms with Crippen molar-refractivity contribution in [3.63, 3.8) is 0 Å². The molecule has 0 saturated carbocycles. The lowest BCUT2D eigenvalue weighted by atomic mass is 9.62. The van der Waals surface area contributed by atoms with Crippen molar-refractivity contribution >= 4 is 18.9 Å². The predicted octanol–water partition coefficient (Wildman–Crippen LogP) is 3.22. The van der Waals surface area contributed by atoms with Crippen LogP contribution in [0.2, 0.25) is 6.32 Å². The summed E-state index contributed by atoms with van der Waals surface area (Å²) in [5.74, 6) is -0.296. The second-order valence-corrected chi connectivity index (χ2v) is 5.19. The number of hydrogen-bond acceptors (Lipinski definition) is 3. The van der Waals surface area contributed by atoms with E-state index < -0.39 is 0 Å². The van der Waals surface area contributed by atoms with E-state index in [-0.39, 0.29) is 23.5 Å². The second kappa shape index (κ2) is 9.82. The van der Waals surface area contributed by atoms with Gasteiger partial charge in [0.2, 0.25) is 7.28 Å². The monoisotopic (exact) mass is 265 g/mol. The maximum absolute atomic E-state index is 12.1. The van der Waals surface area contributed by atoms with Gasteiger partial charge in [0.25, 0.3) is 0 Å². The van der Waals surface area contributed by atoms with Gasteiger partial charge in [0.1, 0.15) is 0 Å². The summed E-state index contributed by atoms with van der Waals surface area (Å²) < 4.78 is 5.20. The summed E-state index contributed by atoms with van der Waals surface area (Å²) in [4.78, 5) is 23.4. The molecule has 1 radical (unpaired) electrons. The van der Waals surface area contributed by atoms with E-state index in [1.165, 1.54) is 0 Å². The highest BCUT2D eigenvalue weighted by Gasteiger charge is 2.25. The number of ether oxygens (including phenoxy) is 1. The summed E-state index contributed by atoms with van der Waals surface area (Å²) in [5.41, 5.74) is 1.11. The van der Waals surface area contributed by atoms with Crippen LogP contribution in [0, 0.1) is 11.8 Å². The molecule has 3 nitrogen and oxygen atoms in total. The topological polar surface area (TPSA) is 43.4 Å². The van der Waals surface area contributed by atoms with Crippen molar-refractivity contribution in [2.24, 2.45) is 11.8 Å². The van der Waals surface area contributed by atoms with Gasteiger partial charge in [-0.1, -0.05) is 32.7 Å². The first-order chi connectivity index (χ1) is 8.92. The molecule has 0 aliphatic heterocycles. The normalized spacial score (nSPS) is 13.5. The van der Waals surface area contributed by atoms with Gasteiger partial charge in [-0.05, 0) is 25.7 Å². The molecule has 0 aliphatic rings. The molecule has 0 amide bonds. The molecular weight excluding hydrogens is 239 g/mol. The maximum Gasteiger partial charge on any atom is 0.305 e. The molecule has 2 atom stereocenters. The fourth-order valence-electron chi connectivity index (χ4n) is 1.93. The molecule has 0 saturated heterocycles. The number of carbonyl (C=O) groups is 2. The second-order valence-electron chi connectivity index (χ2n) is 5.19. The molecule has 0 fully saturated rings. The Hall–Kier alpha value is -1.06. The molecule has 0 aromatic heterocycles. The first-order valence-corrected chi connectivity index (χ1v) is 7.09. The summed E-state index contributed by atoms with van der Waals surface area (Å²) in [6.45, 7) is 11.9. The first kappa shape index (κ1) is 17.9. The summed E-state index contributed by atoms with van der Waals surface area (Å²) in [6.07, 6.45) is 2.60. The quantitative estimate of drug-likeness (QED) is 0.346. The molecule has 0 heterocycles. The van der Waals surface area contributed by atoms with Gasteiger partial charge in [0.05, 0.1) is 12.3 Å². The summed E-state index contributed by atoms with van der Waals surface area (Å²) >= 11 is 0. The van der Waals surface area contributed by atoms with Gasteiger partial charge in [0.15, 0.2) is 0 Å². The van der Waals surface area contributed by atoms with E-state index in [1.807, 2.05) is 27.7 Å². The fraction of sp³-hybridized carbons (Fsp3) is 0.733. The van der Waals surface area contributed by atoms with Crippen molar-refractivity contribution in [3.8, 4) is 0 Å². The Morgan fingerprint density at radius 3 is 2.42 bits per heavy atom. The fourth-order valence-corrected chi connectivity index (χ4v) is 1.93. The van der Waals surface area contributed by atoms with E-state index in [1.54, 1.807) is 7.28 Å². The third-order valence-electron chi connectivity index (χ3n) is 2.99. The van der Waals surface area contributed by atoms with E-state index >= 15 is 0 Å². The molecular formula is C15H26BO3. The minimum atomic E-state index is -0.185. The third kappa shape index (κ3) is 7.86. The summed E-state index contributed by atoms with van der Waals surface area (Å²) in [6, 6.07) is 0. The zero-order chi connectivity index (χ0) is 14.8. The van der Waals surface area contributed by atoms with Crippen molar-refractivity contribution in [2.75, 3.05) is 6.61 Å². The van der Waals surface area contributed by atoms with Crippen LogP contribution in [0.5, 0.6) is 0 Å². The molecule has 0 bridgehead atoms. The smallest absolute Gasteiger partial charge is 0.305 e. The Labute approximate surface area is 118 Å². The van der Waals surface area contributed by atoms with Crippen LogP contribution in [-0.4, -0.2) is 25.5 Å². The molecule has 0 spiro atoms. The zero-order valence-corrected chi connectivity index (χ0v) is 12.7. The van der Waals surface area contributed by atoms with Gasteiger partial charge in [-0.15, -0.1) is 6.58 Å². The Kier molecular flexibility index (Phi) is 9.28. The lowest BCUT2D eigenvalue weighted by Crippen LogP contribution is -2.30. The van der Waals surface area contributed by atoms with E-state index in [2.05, 4.69) is 6.58 Å². The van der Waals surface area contributed by atoms with Crippen molar-refractivity contribution in [1.29, 1.82) is 0 Å². The SMILES string of the molecule is C=C(C)CC(C(=O)[B]CC)C(C)COC(=O)CCC. The van der Waals surface area contributed by atoms with Crippen LogP contribution < -0.4 is 0 Å². The van der Waals surface area contributed by atoms with Crippen LogP contribution in [0.4, 0.5) is 0 Å². The molecule has 2 unspecified atom stereocenters. The van der Waals surface area contributed by atoms with E-state index in [0.717, 1.165) is 18.3 Å². The Morgan fingerprint density at radius 1 is 1.32 bits per heavy atom. The minimum Gasteiger partial charge on any atom is -0.465 e. The number of esters is 1. The lowest BCUT2D eigenvalue weighted by molar-refractivity contribution is -0.146. The van der Waals surface area contributed by atoms with Crippen LogP contribution in [0.3, 0.4) is 0 Å². The van der Waals surface area contributed by atoms with E-state index in [0.29, 0.717) is 19.4 Å². The van der Waals surface area contributed by atoms with Crippen LogP contribution in [-0.2, 0) is 14.3 Å². The highest BCUT2D eigenvalue weighted by Crippen LogP contribution is 2.21. The lowest BCUT2D eigenvalue weighted by Gasteiger charge is -2.23. The highest BCUT2D eigenvalue weighted by molar-refractivity contribution is 6.74. The number of carbonyl (C=O) groups excluding carboxylic acids is 2. The van der Waals surface area contributed by atoms with Crippen LogP contribution in [0.25, 0.3) is 0 Å². The Morgan fingerprint density at radius 2 is 1.95 bits per heavy atom. The molecule has 0 rings (SSSR count). The third-order valence-corrected chi connectivity index (χ3v) is 2.99. The molecule has 0 N–H and O–H groups in total. The van der Waals surface area contributed by atoms with Crippen molar-refractivity contribution in [3.05, 3.63) is 12.2 Å². The van der Waals surface area contributed by atoms with Gasteiger partial charge >= 0.3 is 5.97 Å². The number of hydrogen-bond donors (Lipinski definition) is 0. The average Bonchev–Trinajstić information content (AvgIpc) is 2.33. The van der Waals surface area contributed by atoms with Crippen molar-refractivity contribution in [1.82, 2.24) is 0 Å². The molecule has 0 aromatic rings. The van der Waals surface area contributed by atoms with Gasteiger partial charge < -0.3 is 9.53 Å². The van der Waals surface area contributed by atoms with Gasteiger partial charge in [0, 0.05) is 12.3 Å². The number of allylic oxidation sites excluding steroid dienone is 1. The highest BCUT2D eigenvalue weighted by atomic mass is 16.5. The largest absolute Gasteiger partial charge is 0.465 e. The molecule has 19 heavy (non-hydrogen) atoms. The first-order valence-electron chi connectivity index (χ1n) is 7.09. The van der Waals surface area contributed by atoms with Crippen LogP contribution in [0.1, 0.15) is 47.0 Å². The minimum absolute atomic E-state index is 0.0211.